The Morgan fingerprint density at radius 2 is 0.615 bits per heavy atom. The average molecular weight is 620 g/mol. The number of hydrogen-bond donors (Lipinski definition) is 4. The van der Waals surface area contributed by atoms with Crippen LogP contribution in [0.25, 0.3) is 22.8 Å². The van der Waals surface area contributed by atoms with Crippen LogP contribution >= 0.6 is 0 Å². The summed E-state index contributed by atoms with van der Waals surface area (Å²) in [5.41, 5.74) is 1.56. The maximum atomic E-state index is 10.8. The summed E-state index contributed by atoms with van der Waals surface area (Å²) in [5, 5.41) is 35.4. The molecule has 0 aliphatic carbocycles. The van der Waals surface area contributed by atoms with Crippen molar-refractivity contribution in [1.29, 1.82) is 0 Å². The van der Waals surface area contributed by atoms with E-state index in [-0.39, 0.29) is 56.6 Å². The van der Waals surface area contributed by atoms with E-state index in [0.717, 1.165) is 0 Å². The molecule has 0 saturated carbocycles. The maximum absolute atomic E-state index is 10.8. The van der Waals surface area contributed by atoms with Gasteiger partial charge in [0.2, 0.25) is 0 Å². The molecule has 4 aromatic rings. The van der Waals surface area contributed by atoms with E-state index in [9.17, 15) is 19.2 Å². The number of pyridine rings is 4. The minimum atomic E-state index is -1.08. The fourth-order valence-corrected chi connectivity index (χ4v) is 2.81. The van der Waals surface area contributed by atoms with E-state index in [0.29, 0.717) is 22.8 Å². The van der Waals surface area contributed by atoms with Gasteiger partial charge in [-0.15, -0.1) is 0 Å². The third-order valence-corrected chi connectivity index (χ3v) is 4.55. The third kappa shape index (κ3) is 9.17. The molecule has 0 unspecified atom stereocenters. The Balaban J connectivity index is 0.000000688. The Kier molecular flexibility index (Phi) is 13.4. The maximum Gasteiger partial charge on any atom is 4.00 e. The van der Waals surface area contributed by atoms with Crippen LogP contribution in [0, 0.1) is 14.9 Å². The monoisotopic (exact) mass is 620 g/mol. The smallest absolute Gasteiger partial charge is 0.478 e. The molecule has 0 radical (unpaired) electrons. The second-order valence-corrected chi connectivity index (χ2v) is 6.94. The summed E-state index contributed by atoms with van der Waals surface area (Å²) in [7, 11) is 0. The van der Waals surface area contributed by atoms with Crippen LogP contribution in [0.3, 0.4) is 0 Å². The SMILES string of the molecule is O=C(O)c1ccnc(-c2cc(C(=O)O)ccn2)c1.O=C(O)c1ccnc(-c2cc(C(=O)O)ccn2)c1.[CH3-].[CH3-].[Ru+4]. The Hall–Kier alpha value is -4.90. The summed E-state index contributed by atoms with van der Waals surface area (Å²) in [4.78, 5) is 59.2. The van der Waals surface area contributed by atoms with Gasteiger partial charge in [0.15, 0.2) is 0 Å². The minimum absolute atomic E-state index is 0. The number of nitrogens with zero attached hydrogens (tertiary/aromatic N) is 4. The molecule has 13 heteroatoms. The van der Waals surface area contributed by atoms with Gasteiger partial charge in [0.1, 0.15) is 0 Å². The molecule has 4 aromatic heterocycles. The van der Waals surface area contributed by atoms with E-state index < -0.39 is 23.9 Å². The number of aromatic carboxylic acids is 4. The van der Waals surface area contributed by atoms with Crippen molar-refractivity contribution in [3.05, 3.63) is 110 Å². The van der Waals surface area contributed by atoms with Crippen molar-refractivity contribution >= 4 is 23.9 Å². The quantitative estimate of drug-likeness (QED) is 0.179. The summed E-state index contributed by atoms with van der Waals surface area (Å²) in [6.45, 7) is 0. The zero-order valence-corrected chi connectivity index (χ0v) is 22.2. The first kappa shape index (κ1) is 34.1. The van der Waals surface area contributed by atoms with Crippen LogP contribution in [0.4, 0.5) is 0 Å². The van der Waals surface area contributed by atoms with Crippen molar-refractivity contribution in [2.45, 2.75) is 0 Å². The predicted octanol–water partition coefficient (Wildman–Crippen LogP) is 3.98. The molecule has 4 heterocycles. The molecule has 0 saturated heterocycles. The molecule has 200 valence electrons. The number of hydrogen-bond acceptors (Lipinski definition) is 8. The molecular weight excluding hydrogens is 597 g/mol. The van der Waals surface area contributed by atoms with Crippen LogP contribution < -0.4 is 0 Å². The number of carboxylic acids is 4. The second-order valence-electron chi connectivity index (χ2n) is 6.94. The van der Waals surface area contributed by atoms with Crippen LogP contribution in [-0.4, -0.2) is 64.2 Å². The van der Waals surface area contributed by atoms with Crippen LogP contribution in [0.5, 0.6) is 0 Å². The topological polar surface area (TPSA) is 201 Å². The first-order valence-corrected chi connectivity index (χ1v) is 9.94. The molecular formula is C26H22N4O8Ru+2. The minimum Gasteiger partial charge on any atom is -0.478 e. The standard InChI is InChI=1S/2C12H8N2O4.2CH3.Ru/c2*15-11(16)7-1-3-13-9(5-7)10-6-8(12(17)18)2-4-14-10;;;/h2*1-6H,(H,15,16)(H,17,18);2*1H3;/q;;2*-1;+4. The van der Waals surface area contributed by atoms with E-state index >= 15 is 0 Å². The van der Waals surface area contributed by atoms with Crippen LogP contribution in [-0.2, 0) is 19.5 Å². The Bertz CT molecular complexity index is 1260. The van der Waals surface area contributed by atoms with Gasteiger partial charge in [-0.2, -0.15) is 0 Å². The number of carboxylic acid groups (broad SMARTS) is 4. The van der Waals surface area contributed by atoms with Crippen molar-refractivity contribution in [2.75, 3.05) is 0 Å². The summed E-state index contributed by atoms with van der Waals surface area (Å²) in [6.07, 6.45) is 5.36. The van der Waals surface area contributed by atoms with E-state index in [1.54, 1.807) is 0 Å². The Morgan fingerprint density at radius 3 is 0.769 bits per heavy atom. The van der Waals surface area contributed by atoms with E-state index in [4.69, 9.17) is 20.4 Å². The van der Waals surface area contributed by atoms with Gasteiger partial charge in [0.25, 0.3) is 0 Å². The zero-order chi connectivity index (χ0) is 26.2. The van der Waals surface area contributed by atoms with Gasteiger partial charge in [-0.3, -0.25) is 19.9 Å². The molecule has 4 N–H and O–H groups in total. The van der Waals surface area contributed by atoms with Crippen molar-refractivity contribution < 1.29 is 59.1 Å². The van der Waals surface area contributed by atoms with Crippen molar-refractivity contribution in [3.63, 3.8) is 0 Å². The fourth-order valence-electron chi connectivity index (χ4n) is 2.81. The molecule has 0 atom stereocenters. The first-order valence-electron chi connectivity index (χ1n) is 9.94. The second kappa shape index (κ2) is 15.4. The van der Waals surface area contributed by atoms with Crippen molar-refractivity contribution in [2.24, 2.45) is 0 Å². The van der Waals surface area contributed by atoms with Gasteiger partial charge >= 0.3 is 43.4 Å². The van der Waals surface area contributed by atoms with Gasteiger partial charge in [-0.25, -0.2) is 19.2 Å². The molecule has 39 heavy (non-hydrogen) atoms. The van der Waals surface area contributed by atoms with Gasteiger partial charge in [-0.1, -0.05) is 0 Å². The third-order valence-electron chi connectivity index (χ3n) is 4.55. The van der Waals surface area contributed by atoms with Crippen molar-refractivity contribution in [1.82, 2.24) is 19.9 Å². The summed E-state index contributed by atoms with van der Waals surface area (Å²) < 4.78 is 0. The average Bonchev–Trinajstić information content (AvgIpc) is 2.89. The van der Waals surface area contributed by atoms with Crippen LogP contribution in [0.2, 0.25) is 0 Å². The molecule has 4 rings (SSSR count). The molecule has 0 amide bonds. The summed E-state index contributed by atoms with van der Waals surface area (Å²) >= 11 is 0. The van der Waals surface area contributed by atoms with Gasteiger partial charge in [0, 0.05) is 24.8 Å². The van der Waals surface area contributed by atoms with E-state index in [1.165, 1.54) is 73.3 Å². The number of carbonyl (C=O) groups is 4. The largest absolute Gasteiger partial charge is 4.00 e. The number of rotatable bonds is 6. The molecule has 0 aliphatic heterocycles. The fraction of sp³-hybridized carbons (Fsp3) is 0. The van der Waals surface area contributed by atoms with Crippen molar-refractivity contribution in [3.8, 4) is 22.8 Å². The molecule has 12 nitrogen and oxygen atoms in total. The van der Waals surface area contributed by atoms with Crippen LogP contribution in [0.1, 0.15) is 41.4 Å². The van der Waals surface area contributed by atoms with Gasteiger partial charge in [0.05, 0.1) is 45.0 Å². The first-order chi connectivity index (χ1) is 17.2. The Morgan fingerprint density at radius 1 is 0.436 bits per heavy atom. The normalized spacial score (nSPS) is 9.23. The van der Waals surface area contributed by atoms with E-state index in [2.05, 4.69) is 19.9 Å². The molecule has 0 aromatic carbocycles. The predicted molar refractivity (Wildman–Crippen MR) is 136 cm³/mol. The zero-order valence-electron chi connectivity index (χ0n) is 20.5. The molecule has 0 bridgehead atoms. The summed E-state index contributed by atoms with van der Waals surface area (Å²) in [5.74, 6) is -4.30. The van der Waals surface area contributed by atoms with Gasteiger partial charge in [-0.05, 0) is 48.5 Å². The number of aromatic nitrogens is 4. The Labute approximate surface area is 235 Å². The molecule has 0 spiro atoms. The van der Waals surface area contributed by atoms with E-state index in [1.807, 2.05) is 0 Å². The van der Waals surface area contributed by atoms with Crippen LogP contribution in [0.15, 0.2) is 73.3 Å². The molecule has 0 aliphatic rings. The molecule has 0 fully saturated rings. The summed E-state index contributed by atoms with van der Waals surface area (Å²) in [6, 6.07) is 10.8. The van der Waals surface area contributed by atoms with Gasteiger partial charge < -0.3 is 35.3 Å².